The van der Waals surface area contributed by atoms with Gasteiger partial charge in [0.25, 0.3) is 0 Å². The summed E-state index contributed by atoms with van der Waals surface area (Å²) in [4.78, 5) is 33.4. The summed E-state index contributed by atoms with van der Waals surface area (Å²) in [7, 11) is -4.60. The number of carboxylic acids is 1. The van der Waals surface area contributed by atoms with E-state index in [1.807, 2.05) is 0 Å². The molecule has 50 heavy (non-hydrogen) atoms. The van der Waals surface area contributed by atoms with Crippen molar-refractivity contribution in [2.75, 3.05) is 26.4 Å². The van der Waals surface area contributed by atoms with Crippen molar-refractivity contribution in [1.82, 2.24) is 0 Å². The van der Waals surface area contributed by atoms with E-state index in [4.69, 9.17) is 29.4 Å². The molecule has 0 heterocycles. The predicted molar refractivity (Wildman–Crippen MR) is 203 cm³/mol. The zero-order valence-electron chi connectivity index (χ0n) is 32.0. The summed E-state index contributed by atoms with van der Waals surface area (Å²) in [5.74, 6) is -1.78. The van der Waals surface area contributed by atoms with Crippen LogP contribution in [0.2, 0.25) is 0 Å². The first-order valence-electron chi connectivity index (χ1n) is 20.2. The Hall–Kier alpha value is -1.29. The zero-order valence-corrected chi connectivity index (χ0v) is 32.9. The summed E-state index contributed by atoms with van der Waals surface area (Å²) in [5, 5.41) is 8.86. The van der Waals surface area contributed by atoms with Gasteiger partial charge in [0.15, 0.2) is 0 Å². The monoisotopic (exact) mass is 734 g/mol. The normalized spacial score (nSPS) is 14.2. The number of hydrogen-bond donors (Lipinski definition) is 3. The van der Waals surface area contributed by atoms with Gasteiger partial charge in [-0.15, -0.1) is 0 Å². The van der Waals surface area contributed by atoms with Gasteiger partial charge in [-0.05, 0) is 38.5 Å². The van der Waals surface area contributed by atoms with Crippen molar-refractivity contribution >= 4 is 19.8 Å². The third-order valence-corrected chi connectivity index (χ3v) is 9.75. The fourth-order valence-corrected chi connectivity index (χ4v) is 6.38. The molecule has 0 aromatic heterocycles. The third kappa shape index (κ3) is 35.1. The maximum atomic E-state index is 12.6. The number of allylic oxidation sites excluding steroid dienone is 2. The molecular weight excluding hydrogens is 657 g/mol. The van der Waals surface area contributed by atoms with Crippen LogP contribution in [0.5, 0.6) is 0 Å². The molecule has 0 radical (unpaired) electrons. The zero-order chi connectivity index (χ0) is 37.0. The SMILES string of the molecule is CCCCCCCCC/C=C\CCCCCCCCCC(=O)OC(COCCCCCCCCCCCC)COP(=O)(O)OCC(N)C(=O)O. The lowest BCUT2D eigenvalue weighted by atomic mass is 10.1. The van der Waals surface area contributed by atoms with Crippen LogP contribution in [0.3, 0.4) is 0 Å². The number of phosphoric acid groups is 1. The van der Waals surface area contributed by atoms with Crippen molar-refractivity contribution in [2.45, 2.75) is 199 Å². The van der Waals surface area contributed by atoms with E-state index in [0.717, 1.165) is 44.9 Å². The fraction of sp³-hybridized carbons (Fsp3) is 0.897. The van der Waals surface area contributed by atoms with Crippen LogP contribution in [0.1, 0.15) is 187 Å². The smallest absolute Gasteiger partial charge is 0.472 e. The maximum Gasteiger partial charge on any atom is 0.472 e. The van der Waals surface area contributed by atoms with Gasteiger partial charge in [-0.1, -0.05) is 154 Å². The van der Waals surface area contributed by atoms with E-state index in [1.165, 1.54) is 116 Å². The maximum absolute atomic E-state index is 12.6. The van der Waals surface area contributed by atoms with Gasteiger partial charge < -0.3 is 25.2 Å². The van der Waals surface area contributed by atoms with Gasteiger partial charge in [0.05, 0.1) is 19.8 Å². The number of carbonyl (C=O) groups excluding carboxylic acids is 1. The molecule has 0 fully saturated rings. The molecule has 0 aromatic rings. The Kier molecular flexibility index (Phi) is 35.2. The molecule has 0 aromatic carbocycles. The second kappa shape index (κ2) is 36.1. The van der Waals surface area contributed by atoms with Crippen LogP contribution in [0.15, 0.2) is 12.2 Å². The number of hydrogen-bond acceptors (Lipinski definition) is 8. The molecule has 4 N–H and O–H groups in total. The van der Waals surface area contributed by atoms with Crippen LogP contribution in [-0.2, 0) is 32.7 Å². The first kappa shape index (κ1) is 48.7. The number of carbonyl (C=O) groups is 2. The average molecular weight is 734 g/mol. The van der Waals surface area contributed by atoms with Crippen molar-refractivity contribution in [1.29, 1.82) is 0 Å². The minimum atomic E-state index is -4.60. The van der Waals surface area contributed by atoms with E-state index in [0.29, 0.717) is 13.0 Å². The van der Waals surface area contributed by atoms with Crippen molar-refractivity contribution < 1.29 is 42.7 Å². The number of unbranched alkanes of at least 4 members (excludes halogenated alkanes) is 23. The molecular formula is C39H76NO9P. The van der Waals surface area contributed by atoms with E-state index in [2.05, 4.69) is 26.0 Å². The van der Waals surface area contributed by atoms with Crippen LogP contribution in [0.4, 0.5) is 0 Å². The minimum absolute atomic E-state index is 0.0200. The molecule has 0 saturated carbocycles. The molecule has 3 atom stereocenters. The Bertz CT molecular complexity index is 857. The Morgan fingerprint density at radius 2 is 1.04 bits per heavy atom. The van der Waals surface area contributed by atoms with Gasteiger partial charge in [-0.25, -0.2) is 4.57 Å². The Balaban J connectivity index is 4.21. The lowest BCUT2D eigenvalue weighted by Crippen LogP contribution is -2.34. The standard InChI is InChI=1S/C39H76NO9P/c1-3-5-7-9-11-13-15-16-17-18-19-20-21-22-23-25-27-29-31-38(41)49-36(34-47-50(44,45)48-35-37(40)39(42)43)33-46-32-30-28-26-24-14-12-10-8-6-4-2/h17-18,36-37H,3-16,19-35,40H2,1-2H3,(H,42,43)(H,44,45)/b18-17-. The van der Waals surface area contributed by atoms with Crippen molar-refractivity contribution in [3.8, 4) is 0 Å². The van der Waals surface area contributed by atoms with Crippen LogP contribution in [-0.4, -0.2) is 60.5 Å². The Labute approximate surface area is 305 Å². The highest BCUT2D eigenvalue weighted by molar-refractivity contribution is 7.47. The number of ether oxygens (including phenoxy) is 2. The highest BCUT2D eigenvalue weighted by Gasteiger charge is 2.27. The number of esters is 1. The Morgan fingerprint density at radius 1 is 0.620 bits per heavy atom. The molecule has 3 unspecified atom stereocenters. The lowest BCUT2D eigenvalue weighted by molar-refractivity contribution is -0.154. The summed E-state index contributed by atoms with van der Waals surface area (Å²) in [5.41, 5.74) is 5.34. The highest BCUT2D eigenvalue weighted by atomic mass is 31.2. The van der Waals surface area contributed by atoms with E-state index in [1.54, 1.807) is 0 Å². The second-order valence-electron chi connectivity index (χ2n) is 13.8. The van der Waals surface area contributed by atoms with Crippen molar-refractivity contribution in [2.24, 2.45) is 5.73 Å². The first-order chi connectivity index (χ1) is 24.2. The summed E-state index contributed by atoms with van der Waals surface area (Å²) >= 11 is 0. The molecule has 11 heteroatoms. The minimum Gasteiger partial charge on any atom is -0.480 e. The molecule has 0 amide bonds. The number of rotatable bonds is 39. The van der Waals surface area contributed by atoms with E-state index in [-0.39, 0.29) is 13.0 Å². The number of aliphatic carboxylic acids is 1. The molecule has 10 nitrogen and oxygen atoms in total. The second-order valence-corrected chi connectivity index (χ2v) is 15.2. The lowest BCUT2D eigenvalue weighted by Gasteiger charge is -2.20. The molecule has 0 rings (SSSR count). The summed E-state index contributed by atoms with van der Waals surface area (Å²) in [6, 6.07) is -1.47. The number of phosphoric ester groups is 1. The first-order valence-corrected chi connectivity index (χ1v) is 21.7. The average Bonchev–Trinajstić information content (AvgIpc) is 3.09. The highest BCUT2D eigenvalue weighted by Crippen LogP contribution is 2.43. The van der Waals surface area contributed by atoms with E-state index < -0.39 is 45.1 Å². The van der Waals surface area contributed by atoms with Gasteiger partial charge in [0.1, 0.15) is 12.1 Å². The van der Waals surface area contributed by atoms with Crippen LogP contribution in [0.25, 0.3) is 0 Å². The van der Waals surface area contributed by atoms with Crippen LogP contribution >= 0.6 is 7.82 Å². The predicted octanol–water partition coefficient (Wildman–Crippen LogP) is 10.6. The van der Waals surface area contributed by atoms with Crippen LogP contribution in [0, 0.1) is 0 Å². The number of nitrogens with two attached hydrogens (primary N) is 1. The van der Waals surface area contributed by atoms with Gasteiger partial charge in [0.2, 0.25) is 0 Å². The molecule has 0 saturated heterocycles. The summed E-state index contributed by atoms with van der Waals surface area (Å²) in [6.45, 7) is 3.87. The van der Waals surface area contributed by atoms with Gasteiger partial charge in [0, 0.05) is 13.0 Å². The van der Waals surface area contributed by atoms with Gasteiger partial charge in [-0.3, -0.25) is 18.6 Å². The van der Waals surface area contributed by atoms with Crippen molar-refractivity contribution in [3.05, 3.63) is 12.2 Å². The molecule has 0 aliphatic heterocycles. The Morgan fingerprint density at radius 3 is 1.52 bits per heavy atom. The molecule has 0 bridgehead atoms. The molecule has 0 aliphatic rings. The summed E-state index contributed by atoms with van der Waals surface area (Å²) < 4.78 is 33.2. The largest absolute Gasteiger partial charge is 0.480 e. The fourth-order valence-electron chi connectivity index (χ4n) is 5.60. The third-order valence-electron chi connectivity index (χ3n) is 8.79. The molecule has 0 spiro atoms. The van der Waals surface area contributed by atoms with Gasteiger partial charge >= 0.3 is 19.8 Å². The molecule has 0 aliphatic carbocycles. The topological polar surface area (TPSA) is 155 Å². The van der Waals surface area contributed by atoms with Crippen LogP contribution < -0.4 is 5.73 Å². The van der Waals surface area contributed by atoms with E-state index >= 15 is 0 Å². The van der Waals surface area contributed by atoms with Crippen molar-refractivity contribution in [3.63, 3.8) is 0 Å². The summed E-state index contributed by atoms with van der Waals surface area (Å²) in [6.07, 6.45) is 35.5. The molecule has 296 valence electrons. The quantitative estimate of drug-likeness (QED) is 0.0240. The number of carboxylic acid groups (broad SMARTS) is 1. The van der Waals surface area contributed by atoms with E-state index in [9.17, 15) is 19.0 Å². The van der Waals surface area contributed by atoms with Gasteiger partial charge in [-0.2, -0.15) is 0 Å².